The van der Waals surface area contributed by atoms with Crippen LogP contribution in [0.2, 0.25) is 0 Å². The minimum absolute atomic E-state index is 0.121. The first-order valence-corrected chi connectivity index (χ1v) is 5.55. The molecule has 1 amide bonds. The average molecular weight is 236 g/mol. The van der Waals surface area contributed by atoms with Gasteiger partial charge in [-0.15, -0.1) is 0 Å². The van der Waals surface area contributed by atoms with Crippen LogP contribution in [0.25, 0.3) is 0 Å². The van der Waals surface area contributed by atoms with Crippen molar-refractivity contribution >= 4 is 5.91 Å². The third-order valence-electron chi connectivity index (χ3n) is 2.95. The summed E-state index contributed by atoms with van der Waals surface area (Å²) in [5.41, 5.74) is -0.00587. The van der Waals surface area contributed by atoms with Gasteiger partial charge in [0.1, 0.15) is 11.5 Å². The first kappa shape index (κ1) is 11.7. The average Bonchev–Trinajstić information content (AvgIpc) is 2.63. The highest BCUT2D eigenvalue weighted by atomic mass is 16.3. The highest BCUT2D eigenvalue weighted by Gasteiger charge is 2.30. The van der Waals surface area contributed by atoms with E-state index in [9.17, 15) is 15.0 Å². The van der Waals surface area contributed by atoms with Crippen molar-refractivity contribution in [1.82, 2.24) is 10.6 Å². The van der Waals surface area contributed by atoms with Gasteiger partial charge in [-0.3, -0.25) is 4.79 Å². The number of nitrogens with one attached hydrogen (secondary N) is 2. The molecule has 0 aliphatic carbocycles. The Bertz CT molecular complexity index is 419. The van der Waals surface area contributed by atoms with Crippen LogP contribution in [0.5, 0.6) is 11.5 Å². The summed E-state index contributed by atoms with van der Waals surface area (Å²) in [5, 5.41) is 24.7. The Labute approximate surface area is 99.5 Å². The number of rotatable bonds is 2. The van der Waals surface area contributed by atoms with E-state index in [0.29, 0.717) is 0 Å². The van der Waals surface area contributed by atoms with Gasteiger partial charge in [-0.25, -0.2) is 0 Å². The second kappa shape index (κ2) is 4.25. The molecule has 1 fully saturated rings. The normalized spacial score (nSPS) is 23.6. The maximum Gasteiger partial charge on any atom is 0.252 e. The molecule has 1 saturated heterocycles. The van der Waals surface area contributed by atoms with Crippen LogP contribution in [0, 0.1) is 0 Å². The van der Waals surface area contributed by atoms with Crippen molar-refractivity contribution in [2.24, 2.45) is 0 Å². The van der Waals surface area contributed by atoms with E-state index in [-0.39, 0.29) is 28.5 Å². The van der Waals surface area contributed by atoms with E-state index in [0.717, 1.165) is 19.5 Å². The maximum atomic E-state index is 11.9. The molecule has 0 bridgehead atoms. The van der Waals surface area contributed by atoms with E-state index < -0.39 is 0 Å². The summed E-state index contributed by atoms with van der Waals surface area (Å²) in [5.74, 6) is -0.530. The molecule has 1 heterocycles. The van der Waals surface area contributed by atoms with E-state index in [2.05, 4.69) is 10.6 Å². The Balaban J connectivity index is 2.14. The molecule has 0 radical (unpaired) electrons. The van der Waals surface area contributed by atoms with Gasteiger partial charge in [0.2, 0.25) is 0 Å². The van der Waals surface area contributed by atoms with Crippen LogP contribution < -0.4 is 10.6 Å². The molecule has 1 unspecified atom stereocenters. The quantitative estimate of drug-likeness (QED) is 0.605. The minimum Gasteiger partial charge on any atom is -0.508 e. The Kier molecular flexibility index (Phi) is 2.93. The number of phenolic OH excluding ortho intramolecular Hbond substituents is 2. The van der Waals surface area contributed by atoms with Crippen LogP contribution in [0.3, 0.4) is 0 Å². The lowest BCUT2D eigenvalue weighted by molar-refractivity contribution is 0.0912. The Morgan fingerprint density at radius 2 is 2.00 bits per heavy atom. The molecule has 5 nitrogen and oxygen atoms in total. The number of benzene rings is 1. The van der Waals surface area contributed by atoms with Gasteiger partial charge in [0.25, 0.3) is 5.91 Å². The van der Waals surface area contributed by atoms with E-state index >= 15 is 0 Å². The van der Waals surface area contributed by atoms with Gasteiger partial charge in [-0.2, -0.15) is 0 Å². The van der Waals surface area contributed by atoms with Gasteiger partial charge in [-0.05, 0) is 32.0 Å². The van der Waals surface area contributed by atoms with Crippen LogP contribution in [-0.4, -0.2) is 34.7 Å². The SMILES string of the molecule is CC1(NC(=O)c2cc(O)cc(O)c2)CCNC1. The van der Waals surface area contributed by atoms with Gasteiger partial charge in [0.15, 0.2) is 0 Å². The zero-order valence-electron chi connectivity index (χ0n) is 9.66. The van der Waals surface area contributed by atoms with Crippen molar-refractivity contribution in [2.45, 2.75) is 18.9 Å². The standard InChI is InChI=1S/C12H16N2O3/c1-12(2-3-13-7-12)14-11(17)8-4-9(15)6-10(16)5-8/h4-6,13,15-16H,2-3,7H2,1H3,(H,14,17). The smallest absolute Gasteiger partial charge is 0.252 e. The largest absolute Gasteiger partial charge is 0.508 e. The van der Waals surface area contributed by atoms with Gasteiger partial charge in [0.05, 0.1) is 5.54 Å². The van der Waals surface area contributed by atoms with Crippen molar-refractivity contribution in [3.05, 3.63) is 23.8 Å². The first-order valence-electron chi connectivity index (χ1n) is 5.55. The van der Waals surface area contributed by atoms with Crippen LogP contribution in [-0.2, 0) is 0 Å². The molecule has 1 atom stereocenters. The van der Waals surface area contributed by atoms with E-state index in [1.54, 1.807) is 0 Å². The van der Waals surface area contributed by atoms with Crippen LogP contribution in [0.1, 0.15) is 23.7 Å². The van der Waals surface area contributed by atoms with Gasteiger partial charge >= 0.3 is 0 Å². The summed E-state index contributed by atoms with van der Waals surface area (Å²) in [6, 6.07) is 3.86. The molecule has 92 valence electrons. The molecule has 1 aromatic rings. The summed E-state index contributed by atoms with van der Waals surface area (Å²) in [6.45, 7) is 3.57. The predicted octanol–water partition coefficient (Wildman–Crippen LogP) is 0.580. The Morgan fingerprint density at radius 3 is 2.53 bits per heavy atom. The second-order valence-electron chi connectivity index (χ2n) is 4.68. The van der Waals surface area contributed by atoms with Crippen LogP contribution in [0.15, 0.2) is 18.2 Å². The highest BCUT2D eigenvalue weighted by Crippen LogP contribution is 2.21. The molecule has 17 heavy (non-hydrogen) atoms. The topological polar surface area (TPSA) is 81.6 Å². The third kappa shape index (κ3) is 2.68. The Morgan fingerprint density at radius 1 is 1.35 bits per heavy atom. The van der Waals surface area contributed by atoms with Gasteiger partial charge in [0, 0.05) is 18.2 Å². The second-order valence-corrected chi connectivity index (χ2v) is 4.68. The number of aromatic hydroxyl groups is 2. The van der Waals surface area contributed by atoms with Crippen molar-refractivity contribution in [1.29, 1.82) is 0 Å². The van der Waals surface area contributed by atoms with Crippen molar-refractivity contribution in [2.75, 3.05) is 13.1 Å². The molecular formula is C12H16N2O3. The number of hydrogen-bond donors (Lipinski definition) is 4. The molecule has 1 aliphatic heterocycles. The fourth-order valence-electron chi connectivity index (χ4n) is 2.00. The molecular weight excluding hydrogens is 220 g/mol. The van der Waals surface area contributed by atoms with Crippen molar-refractivity contribution < 1.29 is 15.0 Å². The van der Waals surface area contributed by atoms with Crippen molar-refractivity contribution in [3.63, 3.8) is 0 Å². The summed E-state index contributed by atoms with van der Waals surface area (Å²) in [4.78, 5) is 11.9. The fourth-order valence-corrected chi connectivity index (χ4v) is 2.00. The number of carbonyl (C=O) groups excluding carboxylic acids is 1. The molecule has 0 saturated carbocycles. The van der Waals surface area contributed by atoms with E-state index in [1.165, 1.54) is 18.2 Å². The van der Waals surface area contributed by atoms with Crippen LogP contribution >= 0.6 is 0 Å². The summed E-state index contributed by atoms with van der Waals surface area (Å²) in [7, 11) is 0. The lowest BCUT2D eigenvalue weighted by Gasteiger charge is -2.24. The van der Waals surface area contributed by atoms with Gasteiger partial charge < -0.3 is 20.8 Å². The first-order chi connectivity index (χ1) is 7.98. The van der Waals surface area contributed by atoms with Gasteiger partial charge in [-0.1, -0.05) is 0 Å². The Hall–Kier alpha value is -1.75. The van der Waals surface area contributed by atoms with E-state index in [4.69, 9.17) is 0 Å². The molecule has 2 rings (SSSR count). The minimum atomic E-state index is -0.289. The lowest BCUT2D eigenvalue weighted by Crippen LogP contribution is -2.47. The summed E-state index contributed by atoms with van der Waals surface area (Å²) in [6.07, 6.45) is 0.865. The predicted molar refractivity (Wildman–Crippen MR) is 63.1 cm³/mol. The number of carbonyl (C=O) groups is 1. The molecule has 5 heteroatoms. The summed E-state index contributed by atoms with van der Waals surface area (Å²) >= 11 is 0. The zero-order chi connectivity index (χ0) is 12.5. The molecule has 0 spiro atoms. The molecule has 0 aromatic heterocycles. The maximum absolute atomic E-state index is 11.9. The zero-order valence-corrected chi connectivity index (χ0v) is 9.66. The molecule has 1 aliphatic rings. The summed E-state index contributed by atoms with van der Waals surface area (Å²) < 4.78 is 0. The van der Waals surface area contributed by atoms with Crippen LogP contribution in [0.4, 0.5) is 0 Å². The number of phenols is 2. The van der Waals surface area contributed by atoms with Crippen molar-refractivity contribution in [3.8, 4) is 11.5 Å². The molecule has 4 N–H and O–H groups in total. The number of amides is 1. The van der Waals surface area contributed by atoms with E-state index in [1.807, 2.05) is 6.92 Å². The lowest BCUT2D eigenvalue weighted by atomic mass is 10.0. The fraction of sp³-hybridized carbons (Fsp3) is 0.417. The highest BCUT2D eigenvalue weighted by molar-refractivity contribution is 5.95. The number of hydrogen-bond acceptors (Lipinski definition) is 4. The third-order valence-corrected chi connectivity index (χ3v) is 2.95. The monoisotopic (exact) mass is 236 g/mol. The molecule has 1 aromatic carbocycles.